The molecule has 0 bridgehead atoms. The molecule has 1 amide bonds. The maximum absolute atomic E-state index is 11.9. The quantitative estimate of drug-likeness (QED) is 0.744. The molecule has 1 aromatic heterocycles. The number of methoxy groups -OCH3 is 1. The van der Waals surface area contributed by atoms with Gasteiger partial charge in [0.1, 0.15) is 17.9 Å². The van der Waals surface area contributed by atoms with E-state index >= 15 is 0 Å². The van der Waals surface area contributed by atoms with Crippen LogP contribution in [0.25, 0.3) is 11.3 Å². The van der Waals surface area contributed by atoms with Crippen LogP contribution in [-0.2, 0) is 4.79 Å². The monoisotopic (exact) mass is 360 g/mol. The molecule has 3 aromatic rings. The van der Waals surface area contributed by atoms with E-state index in [0.29, 0.717) is 12.2 Å². The van der Waals surface area contributed by atoms with Gasteiger partial charge in [0.2, 0.25) is 5.91 Å². The topological polar surface area (TPSA) is 67.3 Å². The van der Waals surface area contributed by atoms with Gasteiger partial charge in [0.25, 0.3) is 0 Å². The van der Waals surface area contributed by atoms with E-state index in [1.54, 1.807) is 7.11 Å². The number of carbonyl (C=O) groups excluding carboxylic acids is 1. The van der Waals surface area contributed by atoms with E-state index in [4.69, 9.17) is 4.74 Å². The Labute approximate surface area is 157 Å². The Hall–Kier alpha value is -3.41. The Morgan fingerprint density at radius 1 is 1.07 bits per heavy atom. The van der Waals surface area contributed by atoms with Crippen molar-refractivity contribution in [2.24, 2.45) is 0 Å². The van der Waals surface area contributed by atoms with Crippen molar-refractivity contribution < 1.29 is 9.53 Å². The largest absolute Gasteiger partial charge is 0.496 e. The first kappa shape index (κ1) is 17.0. The van der Waals surface area contributed by atoms with Crippen molar-refractivity contribution in [1.29, 1.82) is 0 Å². The third kappa shape index (κ3) is 3.60. The number of nitrogens with zero attached hydrogens (tertiary/aromatic N) is 3. The first-order valence-electron chi connectivity index (χ1n) is 8.87. The van der Waals surface area contributed by atoms with Crippen LogP contribution in [0.2, 0.25) is 0 Å². The van der Waals surface area contributed by atoms with Crippen LogP contribution in [0.5, 0.6) is 5.75 Å². The molecule has 0 spiro atoms. The van der Waals surface area contributed by atoms with Gasteiger partial charge in [-0.05, 0) is 42.8 Å². The van der Waals surface area contributed by atoms with Gasteiger partial charge in [-0.25, -0.2) is 9.97 Å². The smallest absolute Gasteiger partial charge is 0.227 e. The summed E-state index contributed by atoms with van der Waals surface area (Å²) in [5, 5.41) is 3.29. The van der Waals surface area contributed by atoms with Crippen LogP contribution in [0.1, 0.15) is 12.8 Å². The highest BCUT2D eigenvalue weighted by Gasteiger charge is 2.21. The number of hydrogen-bond acceptors (Lipinski definition) is 5. The number of ether oxygens (including phenoxy) is 1. The Bertz CT molecular complexity index is 956. The van der Waals surface area contributed by atoms with Crippen LogP contribution in [0.4, 0.5) is 17.2 Å². The number of nitrogens with one attached hydrogen (secondary N) is 1. The summed E-state index contributed by atoms with van der Waals surface area (Å²) in [6, 6.07) is 17.4. The van der Waals surface area contributed by atoms with E-state index < -0.39 is 0 Å². The van der Waals surface area contributed by atoms with Crippen LogP contribution in [0.3, 0.4) is 0 Å². The molecule has 1 aliphatic rings. The van der Waals surface area contributed by atoms with E-state index in [1.165, 1.54) is 6.33 Å². The zero-order valence-corrected chi connectivity index (χ0v) is 15.1. The second kappa shape index (κ2) is 7.45. The van der Waals surface area contributed by atoms with Gasteiger partial charge in [-0.15, -0.1) is 0 Å². The average molecular weight is 360 g/mol. The predicted octanol–water partition coefficient (Wildman–Crippen LogP) is 4.02. The highest BCUT2D eigenvalue weighted by Crippen LogP contribution is 2.30. The fraction of sp³-hybridized carbons (Fsp3) is 0.190. The molecule has 1 N–H and O–H groups in total. The summed E-state index contributed by atoms with van der Waals surface area (Å²) in [5.41, 5.74) is 3.52. The molecule has 2 aromatic carbocycles. The molecule has 0 atom stereocenters. The second-order valence-electron chi connectivity index (χ2n) is 6.31. The van der Waals surface area contributed by atoms with Gasteiger partial charge in [0.15, 0.2) is 0 Å². The number of aromatic nitrogens is 2. The zero-order chi connectivity index (χ0) is 18.6. The third-order valence-corrected chi connectivity index (χ3v) is 4.57. The van der Waals surface area contributed by atoms with E-state index in [2.05, 4.69) is 15.3 Å². The molecule has 6 heteroatoms. The normalized spacial score (nSPS) is 13.7. The van der Waals surface area contributed by atoms with Gasteiger partial charge < -0.3 is 15.0 Å². The number of rotatable bonds is 5. The van der Waals surface area contributed by atoms with Crippen LogP contribution < -0.4 is 15.0 Å². The molecule has 0 radical (unpaired) electrons. The zero-order valence-electron chi connectivity index (χ0n) is 15.1. The summed E-state index contributed by atoms with van der Waals surface area (Å²) >= 11 is 0. The van der Waals surface area contributed by atoms with Crippen LogP contribution in [-0.4, -0.2) is 29.5 Å². The van der Waals surface area contributed by atoms with E-state index in [1.807, 2.05) is 59.5 Å². The minimum Gasteiger partial charge on any atom is -0.496 e. The standard InChI is InChI=1S/C21H20N4O2/c1-27-19-6-3-2-5-17(19)18-13-20(23-14-22-18)24-15-8-10-16(11-9-15)25-12-4-7-21(25)26/h2-3,5-6,8-11,13-14H,4,7,12H2,1H3,(H,22,23,24). The number of anilines is 3. The first-order chi connectivity index (χ1) is 13.2. The van der Waals surface area contributed by atoms with Crippen LogP contribution >= 0.6 is 0 Å². The molecule has 4 rings (SSSR count). The lowest BCUT2D eigenvalue weighted by atomic mass is 10.1. The lowest BCUT2D eigenvalue weighted by molar-refractivity contribution is -0.117. The van der Waals surface area contributed by atoms with Crippen LogP contribution in [0.15, 0.2) is 60.9 Å². The average Bonchev–Trinajstić information content (AvgIpc) is 3.14. The third-order valence-electron chi connectivity index (χ3n) is 4.57. The van der Waals surface area contributed by atoms with Gasteiger partial charge in [-0.1, -0.05) is 12.1 Å². The minimum absolute atomic E-state index is 0.188. The summed E-state index contributed by atoms with van der Waals surface area (Å²) in [5.74, 6) is 1.64. The van der Waals surface area contributed by atoms with Gasteiger partial charge in [0, 0.05) is 36.0 Å². The molecule has 136 valence electrons. The summed E-state index contributed by atoms with van der Waals surface area (Å²) in [7, 11) is 1.64. The molecule has 1 aliphatic heterocycles. The van der Waals surface area contributed by atoms with E-state index in [-0.39, 0.29) is 5.91 Å². The summed E-state index contributed by atoms with van der Waals surface area (Å²) in [4.78, 5) is 22.3. The highest BCUT2D eigenvalue weighted by atomic mass is 16.5. The van der Waals surface area contributed by atoms with Gasteiger partial charge in [-0.2, -0.15) is 0 Å². The van der Waals surface area contributed by atoms with Gasteiger partial charge in [0.05, 0.1) is 12.8 Å². The molecule has 0 saturated carbocycles. The first-order valence-corrected chi connectivity index (χ1v) is 8.87. The van der Waals surface area contributed by atoms with Crippen LogP contribution in [0, 0.1) is 0 Å². The van der Waals surface area contributed by atoms with Crippen molar-refractivity contribution in [3.8, 4) is 17.0 Å². The number of amides is 1. The molecule has 1 fully saturated rings. The Balaban J connectivity index is 1.54. The fourth-order valence-corrected chi connectivity index (χ4v) is 3.22. The molecule has 6 nitrogen and oxygen atoms in total. The molecule has 0 unspecified atom stereocenters. The van der Waals surface area contributed by atoms with Crippen molar-refractivity contribution in [2.75, 3.05) is 23.9 Å². The second-order valence-corrected chi connectivity index (χ2v) is 6.31. The minimum atomic E-state index is 0.188. The van der Waals surface area contributed by atoms with Crippen molar-refractivity contribution in [1.82, 2.24) is 9.97 Å². The number of hydrogen-bond donors (Lipinski definition) is 1. The van der Waals surface area contributed by atoms with E-state index in [9.17, 15) is 4.79 Å². The molecular formula is C21H20N4O2. The number of carbonyl (C=O) groups is 1. The highest BCUT2D eigenvalue weighted by molar-refractivity contribution is 5.95. The summed E-state index contributed by atoms with van der Waals surface area (Å²) in [6.07, 6.45) is 3.08. The lowest BCUT2D eigenvalue weighted by Gasteiger charge is -2.16. The maximum atomic E-state index is 11.9. The maximum Gasteiger partial charge on any atom is 0.227 e. The number of benzene rings is 2. The lowest BCUT2D eigenvalue weighted by Crippen LogP contribution is -2.23. The molecule has 27 heavy (non-hydrogen) atoms. The van der Waals surface area contributed by atoms with Gasteiger partial charge in [-0.3, -0.25) is 4.79 Å². The SMILES string of the molecule is COc1ccccc1-c1cc(Nc2ccc(N3CCCC3=O)cc2)ncn1. The molecule has 1 saturated heterocycles. The van der Waals surface area contributed by atoms with Crippen molar-refractivity contribution in [3.63, 3.8) is 0 Å². The Morgan fingerprint density at radius 3 is 2.63 bits per heavy atom. The molecule has 2 heterocycles. The van der Waals surface area contributed by atoms with E-state index in [0.717, 1.165) is 41.3 Å². The molecule has 0 aliphatic carbocycles. The molecular weight excluding hydrogens is 340 g/mol. The summed E-state index contributed by atoms with van der Waals surface area (Å²) < 4.78 is 5.42. The fourth-order valence-electron chi connectivity index (χ4n) is 3.22. The number of para-hydroxylation sites is 1. The van der Waals surface area contributed by atoms with Crippen molar-refractivity contribution in [3.05, 3.63) is 60.9 Å². The Morgan fingerprint density at radius 2 is 1.89 bits per heavy atom. The predicted molar refractivity (Wildman–Crippen MR) is 105 cm³/mol. The van der Waals surface area contributed by atoms with Gasteiger partial charge >= 0.3 is 0 Å². The summed E-state index contributed by atoms with van der Waals surface area (Å²) in [6.45, 7) is 0.791. The Kier molecular flexibility index (Phi) is 4.70. The van der Waals surface area contributed by atoms with Crippen molar-refractivity contribution in [2.45, 2.75) is 12.8 Å². The van der Waals surface area contributed by atoms with Crippen molar-refractivity contribution >= 4 is 23.1 Å².